The summed E-state index contributed by atoms with van der Waals surface area (Å²) in [5.74, 6) is -1.81. The highest BCUT2D eigenvalue weighted by molar-refractivity contribution is 6.38. The highest BCUT2D eigenvalue weighted by atomic mass is 19.1. The molecule has 2 aliphatic heterocycles. The van der Waals surface area contributed by atoms with Gasteiger partial charge in [-0.1, -0.05) is 6.08 Å². The van der Waals surface area contributed by atoms with Gasteiger partial charge in [-0.2, -0.15) is 5.10 Å². The Labute approximate surface area is 171 Å². The molecule has 0 radical (unpaired) electrons. The van der Waals surface area contributed by atoms with Gasteiger partial charge in [0.1, 0.15) is 23.7 Å². The van der Waals surface area contributed by atoms with E-state index in [-0.39, 0.29) is 17.5 Å². The van der Waals surface area contributed by atoms with E-state index in [2.05, 4.69) is 15.1 Å². The van der Waals surface area contributed by atoms with Gasteiger partial charge in [0.05, 0.1) is 26.1 Å². The Hall–Kier alpha value is -3.56. The number of likely N-dealkylation sites (N-methyl/N-ethyl adjacent to an activating group) is 1. The van der Waals surface area contributed by atoms with Gasteiger partial charge in [0.25, 0.3) is 0 Å². The third-order valence-electron chi connectivity index (χ3n) is 4.92. The van der Waals surface area contributed by atoms with Crippen molar-refractivity contribution in [2.75, 3.05) is 21.3 Å². The minimum atomic E-state index is -0.909. The second kappa shape index (κ2) is 7.69. The maximum atomic E-state index is 14.7. The molecule has 3 heterocycles. The lowest BCUT2D eigenvalue weighted by Gasteiger charge is -2.35. The fraction of sp³-hybridized carbons (Fsp3) is 0.300. The Morgan fingerprint density at radius 2 is 1.80 bits per heavy atom. The molecule has 0 aliphatic carbocycles. The van der Waals surface area contributed by atoms with Crippen molar-refractivity contribution in [3.8, 4) is 11.5 Å². The summed E-state index contributed by atoms with van der Waals surface area (Å²) in [7, 11) is 6.15. The molecule has 0 amide bonds. The molecule has 2 aromatic rings. The number of aromatic nitrogens is 2. The predicted octanol–water partition coefficient (Wildman–Crippen LogP) is 2.52. The lowest BCUT2D eigenvalue weighted by molar-refractivity contribution is 0.342. The molecule has 0 bridgehead atoms. The number of ether oxygens (including phenoxy) is 2. The molecule has 2 atom stereocenters. The SMILES string of the molecule is COc1cc(OC)c(F)c(/N=C2\C=CC3N=CC(c4cnn(C)c4)=NC3N2C)c1F. The van der Waals surface area contributed by atoms with Crippen LogP contribution in [0.4, 0.5) is 14.5 Å². The number of methoxy groups -OCH3 is 2. The topological polar surface area (TPSA) is 76.6 Å². The van der Waals surface area contributed by atoms with Crippen LogP contribution in [0.15, 0.2) is 45.6 Å². The Kier molecular flexibility index (Phi) is 5.06. The zero-order valence-corrected chi connectivity index (χ0v) is 16.9. The van der Waals surface area contributed by atoms with Crippen LogP contribution < -0.4 is 9.47 Å². The monoisotopic (exact) mass is 414 g/mol. The fourth-order valence-electron chi connectivity index (χ4n) is 3.29. The number of nitrogens with zero attached hydrogens (tertiary/aromatic N) is 6. The molecule has 0 spiro atoms. The molecule has 10 heteroatoms. The maximum absolute atomic E-state index is 14.7. The summed E-state index contributed by atoms with van der Waals surface area (Å²) < 4.78 is 41.1. The van der Waals surface area contributed by atoms with Crippen molar-refractivity contribution in [3.05, 3.63) is 47.8 Å². The lowest BCUT2D eigenvalue weighted by Crippen LogP contribution is -2.46. The quantitative estimate of drug-likeness (QED) is 0.771. The van der Waals surface area contributed by atoms with Gasteiger partial charge in [-0.3, -0.25) is 14.7 Å². The van der Waals surface area contributed by atoms with E-state index >= 15 is 0 Å². The van der Waals surface area contributed by atoms with E-state index in [0.717, 1.165) is 11.6 Å². The van der Waals surface area contributed by atoms with Crippen LogP contribution in [0, 0.1) is 11.6 Å². The minimum Gasteiger partial charge on any atom is -0.493 e. The summed E-state index contributed by atoms with van der Waals surface area (Å²) in [6, 6.07) is 0.911. The van der Waals surface area contributed by atoms with E-state index in [4.69, 9.17) is 14.5 Å². The van der Waals surface area contributed by atoms with Crippen LogP contribution in [0.25, 0.3) is 0 Å². The second-order valence-corrected chi connectivity index (χ2v) is 6.80. The molecule has 1 aromatic carbocycles. The maximum Gasteiger partial charge on any atom is 0.193 e. The molecule has 4 rings (SSSR count). The number of amidine groups is 1. The van der Waals surface area contributed by atoms with Gasteiger partial charge in [0, 0.05) is 38.1 Å². The normalized spacial score (nSPS) is 21.6. The van der Waals surface area contributed by atoms with Crippen molar-refractivity contribution in [1.29, 1.82) is 0 Å². The lowest BCUT2D eigenvalue weighted by atomic mass is 10.1. The molecule has 0 saturated heterocycles. The largest absolute Gasteiger partial charge is 0.493 e. The molecule has 156 valence electrons. The Morgan fingerprint density at radius 3 is 2.40 bits per heavy atom. The summed E-state index contributed by atoms with van der Waals surface area (Å²) in [5, 5.41) is 4.15. The Morgan fingerprint density at radius 1 is 1.10 bits per heavy atom. The highest BCUT2D eigenvalue weighted by Gasteiger charge is 2.31. The van der Waals surface area contributed by atoms with Crippen LogP contribution >= 0.6 is 0 Å². The van der Waals surface area contributed by atoms with Crippen LogP contribution in [0.1, 0.15) is 5.56 Å². The minimum absolute atomic E-state index is 0.160. The van der Waals surface area contributed by atoms with E-state index in [1.54, 1.807) is 41.2 Å². The van der Waals surface area contributed by atoms with Crippen LogP contribution in [-0.4, -0.2) is 65.9 Å². The van der Waals surface area contributed by atoms with E-state index in [1.807, 2.05) is 13.2 Å². The fourth-order valence-corrected chi connectivity index (χ4v) is 3.29. The molecule has 30 heavy (non-hydrogen) atoms. The highest BCUT2D eigenvalue weighted by Crippen LogP contribution is 2.37. The van der Waals surface area contributed by atoms with Crippen LogP contribution in [0.3, 0.4) is 0 Å². The molecule has 0 saturated carbocycles. The van der Waals surface area contributed by atoms with Crippen LogP contribution in [0.2, 0.25) is 0 Å². The van der Waals surface area contributed by atoms with Crippen molar-refractivity contribution in [1.82, 2.24) is 14.7 Å². The van der Waals surface area contributed by atoms with Crippen molar-refractivity contribution in [3.63, 3.8) is 0 Å². The van der Waals surface area contributed by atoms with Crippen molar-refractivity contribution >= 4 is 23.4 Å². The number of aryl methyl sites for hydroxylation is 1. The van der Waals surface area contributed by atoms with Gasteiger partial charge < -0.3 is 14.4 Å². The van der Waals surface area contributed by atoms with E-state index < -0.39 is 23.5 Å². The van der Waals surface area contributed by atoms with E-state index in [1.165, 1.54) is 14.2 Å². The molecule has 1 aromatic heterocycles. The Balaban J connectivity index is 1.73. The summed E-state index contributed by atoms with van der Waals surface area (Å²) in [6.07, 6.45) is 8.29. The zero-order chi connectivity index (χ0) is 21.4. The van der Waals surface area contributed by atoms with Crippen molar-refractivity contribution < 1.29 is 18.3 Å². The second-order valence-electron chi connectivity index (χ2n) is 6.80. The van der Waals surface area contributed by atoms with Gasteiger partial charge in [0.2, 0.25) is 0 Å². The predicted molar refractivity (Wildman–Crippen MR) is 109 cm³/mol. The summed E-state index contributed by atoms with van der Waals surface area (Å²) >= 11 is 0. The number of rotatable bonds is 4. The number of aliphatic imine (C=N–C) groups is 3. The molecule has 0 N–H and O–H groups in total. The van der Waals surface area contributed by atoms with Gasteiger partial charge in [-0.15, -0.1) is 0 Å². The average molecular weight is 414 g/mol. The number of hydrogen-bond acceptors (Lipinski definition) is 6. The van der Waals surface area contributed by atoms with E-state index in [9.17, 15) is 8.78 Å². The number of fused-ring (bicyclic) bond motifs is 1. The Bertz CT molecular complexity index is 1080. The van der Waals surface area contributed by atoms with Crippen LogP contribution in [0.5, 0.6) is 11.5 Å². The summed E-state index contributed by atoms with van der Waals surface area (Å²) in [6.45, 7) is 0. The molecule has 2 unspecified atom stereocenters. The third-order valence-corrected chi connectivity index (χ3v) is 4.92. The summed E-state index contributed by atoms with van der Waals surface area (Å²) in [5.41, 5.74) is 1.01. The average Bonchev–Trinajstić information content (AvgIpc) is 3.19. The third kappa shape index (κ3) is 3.34. The first-order valence-corrected chi connectivity index (χ1v) is 9.12. The number of halogens is 2. The smallest absolute Gasteiger partial charge is 0.193 e. The first kappa shape index (κ1) is 19.7. The zero-order valence-electron chi connectivity index (χ0n) is 16.9. The first-order chi connectivity index (χ1) is 14.4. The van der Waals surface area contributed by atoms with Gasteiger partial charge in [-0.25, -0.2) is 13.8 Å². The van der Waals surface area contributed by atoms with Crippen LogP contribution in [-0.2, 0) is 7.05 Å². The number of benzene rings is 1. The molecule has 8 nitrogen and oxygen atoms in total. The number of hydrogen-bond donors (Lipinski definition) is 0. The molecular formula is C20H20F2N6O2. The molecular weight excluding hydrogens is 394 g/mol. The van der Waals surface area contributed by atoms with Gasteiger partial charge in [-0.05, 0) is 6.08 Å². The summed E-state index contributed by atoms with van der Waals surface area (Å²) in [4.78, 5) is 15.2. The molecule has 2 aliphatic rings. The van der Waals surface area contributed by atoms with Gasteiger partial charge >= 0.3 is 0 Å². The van der Waals surface area contributed by atoms with Gasteiger partial charge in [0.15, 0.2) is 23.1 Å². The van der Waals surface area contributed by atoms with Crippen molar-refractivity contribution in [2.24, 2.45) is 22.0 Å². The molecule has 0 fully saturated rings. The van der Waals surface area contributed by atoms with E-state index in [0.29, 0.717) is 11.5 Å². The standard InChI is InChI=1S/C20H20F2N6O2/c1-27-10-11(8-24-27)13-9-23-12-5-6-16(28(2)20(12)25-13)26-19-17(21)14(29-3)7-15(30-4)18(19)22/h5-10,12,20H,1-4H3/b26-16+. The first-order valence-electron chi connectivity index (χ1n) is 9.12. The van der Waals surface area contributed by atoms with Crippen molar-refractivity contribution in [2.45, 2.75) is 12.2 Å².